The summed E-state index contributed by atoms with van der Waals surface area (Å²) < 4.78 is 0. The van der Waals surface area contributed by atoms with Crippen LogP contribution in [0.25, 0.3) is 11.1 Å². The Morgan fingerprint density at radius 1 is 0.769 bits per heavy atom. The first-order chi connectivity index (χ1) is 12.8. The molecule has 0 aromatic heterocycles. The maximum absolute atomic E-state index is 12.7. The highest BCUT2D eigenvalue weighted by Gasteiger charge is 2.43. The molecule has 134 valence electrons. The van der Waals surface area contributed by atoms with Gasteiger partial charge in [-0.2, -0.15) is 0 Å². The van der Waals surface area contributed by atoms with Gasteiger partial charge in [-0.25, -0.2) is 0 Å². The van der Waals surface area contributed by atoms with Gasteiger partial charge in [-0.15, -0.1) is 0 Å². The molecule has 2 aliphatic heterocycles. The summed E-state index contributed by atoms with van der Waals surface area (Å²) in [6, 6.07) is 19.0. The zero-order valence-corrected chi connectivity index (χ0v) is 15.2. The average Bonchev–Trinajstić information content (AvgIpc) is 3.23. The lowest BCUT2D eigenvalue weighted by molar-refractivity contribution is 0.0313. The topological polar surface area (TPSA) is 23.6 Å². The quantitative estimate of drug-likeness (QED) is 0.841. The van der Waals surface area contributed by atoms with Gasteiger partial charge in [0.05, 0.1) is 0 Å². The van der Waals surface area contributed by atoms with Gasteiger partial charge in [-0.3, -0.25) is 9.69 Å². The Morgan fingerprint density at radius 2 is 1.38 bits per heavy atom. The molecule has 2 aromatic carbocycles. The largest absolute Gasteiger partial charge is 0.335 e. The molecule has 1 saturated carbocycles. The number of carbonyl (C=O) groups excluding carboxylic acids is 1. The van der Waals surface area contributed by atoms with Crippen molar-refractivity contribution in [1.29, 1.82) is 0 Å². The molecule has 0 N–H and O–H groups in total. The summed E-state index contributed by atoms with van der Waals surface area (Å²) in [5.74, 6) is 2.05. The van der Waals surface area contributed by atoms with Crippen molar-refractivity contribution in [3.63, 3.8) is 0 Å². The minimum Gasteiger partial charge on any atom is -0.335 e. The van der Waals surface area contributed by atoms with Crippen LogP contribution in [-0.4, -0.2) is 47.9 Å². The van der Waals surface area contributed by atoms with E-state index >= 15 is 0 Å². The summed E-state index contributed by atoms with van der Waals surface area (Å²) in [5.41, 5.74) is 3.16. The summed E-state index contributed by atoms with van der Waals surface area (Å²) in [7, 11) is 0. The number of likely N-dealkylation sites (tertiary alicyclic amines) is 2. The Kier molecular flexibility index (Phi) is 4.05. The Labute approximate surface area is 155 Å². The van der Waals surface area contributed by atoms with Crippen molar-refractivity contribution in [3.05, 3.63) is 60.2 Å². The molecular weight excluding hydrogens is 320 g/mol. The molecule has 2 saturated heterocycles. The average molecular weight is 346 g/mol. The Bertz CT molecular complexity index is 768. The normalized spacial score (nSPS) is 25.9. The van der Waals surface area contributed by atoms with Gasteiger partial charge in [0.1, 0.15) is 0 Å². The lowest BCUT2D eigenvalue weighted by Gasteiger charge is -2.44. The second kappa shape index (κ2) is 6.55. The second-order valence-corrected chi connectivity index (χ2v) is 8.21. The van der Waals surface area contributed by atoms with Crippen LogP contribution in [0.3, 0.4) is 0 Å². The van der Waals surface area contributed by atoms with Crippen molar-refractivity contribution in [2.75, 3.05) is 26.2 Å². The van der Waals surface area contributed by atoms with E-state index in [0.29, 0.717) is 6.04 Å². The Morgan fingerprint density at radius 3 is 2.04 bits per heavy atom. The number of nitrogens with zero attached hydrogens (tertiary/aromatic N) is 2. The van der Waals surface area contributed by atoms with E-state index in [-0.39, 0.29) is 5.91 Å². The van der Waals surface area contributed by atoms with Crippen LogP contribution in [0.4, 0.5) is 0 Å². The minimum absolute atomic E-state index is 0.181. The molecule has 0 bridgehead atoms. The molecule has 0 spiro atoms. The molecule has 0 radical (unpaired) electrons. The highest BCUT2D eigenvalue weighted by molar-refractivity contribution is 5.95. The molecule has 3 fully saturated rings. The maximum Gasteiger partial charge on any atom is 0.253 e. The zero-order valence-electron chi connectivity index (χ0n) is 15.2. The van der Waals surface area contributed by atoms with Crippen molar-refractivity contribution in [1.82, 2.24) is 9.80 Å². The third-order valence-electron chi connectivity index (χ3n) is 6.66. The van der Waals surface area contributed by atoms with Gasteiger partial charge in [-0.1, -0.05) is 48.9 Å². The first-order valence-electron chi connectivity index (χ1n) is 9.97. The van der Waals surface area contributed by atoms with Gasteiger partial charge in [0, 0.05) is 37.8 Å². The first-order valence-corrected chi connectivity index (χ1v) is 9.97. The van der Waals surface area contributed by atoms with Crippen LogP contribution in [0.15, 0.2) is 54.6 Å². The third kappa shape index (κ3) is 2.84. The molecular formula is C23H26N2O. The van der Waals surface area contributed by atoms with Crippen LogP contribution in [-0.2, 0) is 0 Å². The fourth-order valence-electron chi connectivity index (χ4n) is 5.04. The first kappa shape index (κ1) is 16.1. The highest BCUT2D eigenvalue weighted by Crippen LogP contribution is 2.39. The molecule has 5 rings (SSSR count). The van der Waals surface area contributed by atoms with Crippen LogP contribution >= 0.6 is 0 Å². The van der Waals surface area contributed by atoms with Crippen molar-refractivity contribution in [3.8, 4) is 11.1 Å². The number of benzene rings is 2. The lowest BCUT2D eigenvalue weighted by atomic mass is 10.0. The number of fused-ring (bicyclic) bond motifs is 1. The van der Waals surface area contributed by atoms with E-state index in [0.717, 1.165) is 36.1 Å². The van der Waals surface area contributed by atoms with E-state index in [1.165, 1.54) is 37.9 Å². The van der Waals surface area contributed by atoms with Gasteiger partial charge < -0.3 is 4.90 Å². The summed E-state index contributed by atoms with van der Waals surface area (Å²) in [6.45, 7) is 4.34. The minimum atomic E-state index is 0.181. The molecule has 3 aliphatic rings. The fourth-order valence-corrected chi connectivity index (χ4v) is 5.04. The second-order valence-electron chi connectivity index (χ2n) is 8.21. The van der Waals surface area contributed by atoms with E-state index in [2.05, 4.69) is 29.2 Å². The van der Waals surface area contributed by atoms with Crippen molar-refractivity contribution in [2.45, 2.75) is 25.3 Å². The zero-order chi connectivity index (χ0) is 17.5. The molecule has 2 unspecified atom stereocenters. The van der Waals surface area contributed by atoms with Crippen LogP contribution < -0.4 is 0 Å². The number of rotatable bonds is 3. The van der Waals surface area contributed by atoms with Gasteiger partial charge in [-0.05, 0) is 47.9 Å². The van der Waals surface area contributed by atoms with E-state index in [1.54, 1.807) is 0 Å². The molecule has 26 heavy (non-hydrogen) atoms. The number of hydrogen-bond donors (Lipinski definition) is 0. The molecule has 3 heteroatoms. The van der Waals surface area contributed by atoms with Crippen LogP contribution in [0.2, 0.25) is 0 Å². The SMILES string of the molecule is O=C(c1ccc(-c2ccccc2)cc1)N1CC(N2CC3CCCC3C2)C1. The lowest BCUT2D eigenvalue weighted by Crippen LogP contribution is -2.60. The summed E-state index contributed by atoms with van der Waals surface area (Å²) in [6.07, 6.45) is 4.27. The molecule has 3 nitrogen and oxygen atoms in total. The predicted molar refractivity (Wildman–Crippen MR) is 104 cm³/mol. The number of carbonyl (C=O) groups is 1. The maximum atomic E-state index is 12.7. The Balaban J connectivity index is 1.19. The predicted octanol–water partition coefficient (Wildman–Crippen LogP) is 3.91. The highest BCUT2D eigenvalue weighted by atomic mass is 16.2. The van der Waals surface area contributed by atoms with Crippen LogP contribution in [0.1, 0.15) is 29.6 Å². The van der Waals surface area contributed by atoms with Gasteiger partial charge in [0.25, 0.3) is 5.91 Å². The smallest absolute Gasteiger partial charge is 0.253 e. The molecule has 2 aromatic rings. The number of amides is 1. The van der Waals surface area contributed by atoms with E-state index in [1.807, 2.05) is 35.2 Å². The molecule has 1 aliphatic carbocycles. The van der Waals surface area contributed by atoms with Crippen LogP contribution in [0.5, 0.6) is 0 Å². The standard InChI is InChI=1S/C23H26N2O/c26-23(19-11-9-18(10-12-19)17-5-2-1-3-6-17)25-15-22(16-25)24-13-20-7-4-8-21(20)14-24/h1-3,5-6,9-12,20-22H,4,7-8,13-16H2. The molecule has 2 atom stereocenters. The third-order valence-corrected chi connectivity index (χ3v) is 6.66. The summed E-state index contributed by atoms with van der Waals surface area (Å²) >= 11 is 0. The molecule has 1 amide bonds. The fraction of sp³-hybridized carbons (Fsp3) is 0.435. The summed E-state index contributed by atoms with van der Waals surface area (Å²) in [4.78, 5) is 17.4. The van der Waals surface area contributed by atoms with E-state index < -0.39 is 0 Å². The van der Waals surface area contributed by atoms with Crippen LogP contribution in [0, 0.1) is 11.8 Å². The van der Waals surface area contributed by atoms with Crippen molar-refractivity contribution < 1.29 is 4.79 Å². The van der Waals surface area contributed by atoms with E-state index in [4.69, 9.17) is 0 Å². The summed E-state index contributed by atoms with van der Waals surface area (Å²) in [5, 5.41) is 0. The van der Waals surface area contributed by atoms with Gasteiger partial charge >= 0.3 is 0 Å². The van der Waals surface area contributed by atoms with E-state index in [9.17, 15) is 4.79 Å². The van der Waals surface area contributed by atoms with Crippen molar-refractivity contribution in [2.24, 2.45) is 11.8 Å². The van der Waals surface area contributed by atoms with Gasteiger partial charge in [0.15, 0.2) is 0 Å². The monoisotopic (exact) mass is 346 g/mol. The Hall–Kier alpha value is -2.13. The number of hydrogen-bond acceptors (Lipinski definition) is 2. The van der Waals surface area contributed by atoms with Crippen molar-refractivity contribution >= 4 is 5.91 Å². The van der Waals surface area contributed by atoms with Gasteiger partial charge in [0.2, 0.25) is 0 Å². The molecule has 2 heterocycles.